The Morgan fingerprint density at radius 1 is 0.750 bits per heavy atom. The standard InChI is InChI=1S/C21H22O5P2/c1-16-10-4-7-13-19(16)25-28(24,26-27(22)23,20-14-8-5-11-17(20)2)21-15-9-6-12-18(21)3/h4-15,24H,1-3H3/p+1. The fourth-order valence-electron chi connectivity index (χ4n) is 3.32. The fraction of sp³-hybridized carbons (Fsp3) is 0.143. The summed E-state index contributed by atoms with van der Waals surface area (Å²) in [7, 11) is -8.20. The van der Waals surface area contributed by atoms with Gasteiger partial charge in [0.2, 0.25) is 0 Å². The number of hydrogen-bond acceptors (Lipinski definition) is 4. The molecule has 0 bridgehead atoms. The Bertz CT molecular complexity index is 989. The van der Waals surface area contributed by atoms with E-state index < -0.39 is 15.5 Å². The molecule has 3 rings (SSSR count). The van der Waals surface area contributed by atoms with Crippen molar-refractivity contribution >= 4 is 26.1 Å². The number of hydrogen-bond donors (Lipinski definition) is 2. The predicted molar refractivity (Wildman–Crippen MR) is 113 cm³/mol. The number of rotatable bonds is 6. The molecule has 146 valence electrons. The molecule has 0 aliphatic rings. The average molecular weight is 417 g/mol. The Kier molecular flexibility index (Phi) is 5.67. The first-order valence-corrected chi connectivity index (χ1v) is 11.9. The molecule has 0 fully saturated rings. The van der Waals surface area contributed by atoms with Crippen LogP contribution in [0.1, 0.15) is 16.7 Å². The summed E-state index contributed by atoms with van der Waals surface area (Å²) in [4.78, 5) is 22.2. The van der Waals surface area contributed by atoms with Crippen LogP contribution in [-0.2, 0) is 8.88 Å². The van der Waals surface area contributed by atoms with Gasteiger partial charge >= 0.3 is 165 Å². The molecule has 1 unspecified atom stereocenters. The number of para-hydroxylation sites is 1. The van der Waals surface area contributed by atoms with Crippen LogP contribution in [0.3, 0.4) is 0 Å². The number of benzene rings is 3. The summed E-state index contributed by atoms with van der Waals surface area (Å²) in [6.07, 6.45) is 0. The fourth-order valence-corrected chi connectivity index (χ4v) is 8.31. The normalized spacial score (nSPS) is 13.5. The van der Waals surface area contributed by atoms with Gasteiger partial charge in [0.1, 0.15) is 0 Å². The van der Waals surface area contributed by atoms with Crippen molar-refractivity contribution in [2.45, 2.75) is 20.8 Å². The maximum absolute atomic E-state index is 12.4. The van der Waals surface area contributed by atoms with Gasteiger partial charge in [-0.05, 0) is 0 Å². The van der Waals surface area contributed by atoms with E-state index in [1.165, 1.54) is 0 Å². The van der Waals surface area contributed by atoms with Gasteiger partial charge in [-0.3, -0.25) is 0 Å². The van der Waals surface area contributed by atoms with Gasteiger partial charge in [0.15, 0.2) is 0 Å². The molecule has 0 radical (unpaired) electrons. The second-order valence-corrected chi connectivity index (χ2v) is 10.8. The van der Waals surface area contributed by atoms with Crippen molar-refractivity contribution in [3.8, 4) is 5.75 Å². The van der Waals surface area contributed by atoms with Gasteiger partial charge in [-0.1, -0.05) is 0 Å². The van der Waals surface area contributed by atoms with Crippen molar-refractivity contribution in [1.82, 2.24) is 0 Å². The Hall–Kier alpha value is -2.13. The van der Waals surface area contributed by atoms with Crippen LogP contribution in [0.2, 0.25) is 0 Å². The van der Waals surface area contributed by atoms with Crippen molar-refractivity contribution in [1.29, 1.82) is 0 Å². The molecule has 3 aromatic rings. The van der Waals surface area contributed by atoms with Crippen LogP contribution in [0.25, 0.3) is 0 Å². The zero-order valence-electron chi connectivity index (χ0n) is 15.9. The molecule has 0 amide bonds. The Morgan fingerprint density at radius 2 is 1.18 bits per heavy atom. The minimum absolute atomic E-state index is 0.350. The van der Waals surface area contributed by atoms with E-state index in [4.69, 9.17) is 8.83 Å². The summed E-state index contributed by atoms with van der Waals surface area (Å²) < 4.78 is 23.8. The third-order valence-electron chi connectivity index (χ3n) is 4.66. The van der Waals surface area contributed by atoms with E-state index in [0.717, 1.165) is 5.56 Å². The Morgan fingerprint density at radius 3 is 1.61 bits per heavy atom. The zero-order valence-corrected chi connectivity index (χ0v) is 17.7. The van der Waals surface area contributed by atoms with Crippen LogP contribution in [0.4, 0.5) is 0 Å². The second-order valence-electron chi connectivity index (χ2n) is 6.66. The molecule has 0 spiro atoms. The molecular weight excluding hydrogens is 394 g/mol. The van der Waals surface area contributed by atoms with Crippen LogP contribution in [0, 0.1) is 20.8 Å². The van der Waals surface area contributed by atoms with E-state index in [9.17, 15) is 14.4 Å². The quantitative estimate of drug-likeness (QED) is 0.574. The molecule has 0 saturated carbocycles. The van der Waals surface area contributed by atoms with E-state index in [-0.39, 0.29) is 0 Å². The maximum atomic E-state index is 12.4. The Labute approximate surface area is 165 Å². The predicted octanol–water partition coefficient (Wildman–Crippen LogP) is 4.60. The first-order chi connectivity index (χ1) is 13.2. The van der Waals surface area contributed by atoms with Crippen molar-refractivity contribution in [2.75, 3.05) is 0 Å². The molecule has 5 nitrogen and oxygen atoms in total. The topological polar surface area (TPSA) is 76.0 Å². The van der Waals surface area contributed by atoms with Crippen LogP contribution >= 0.6 is 15.5 Å². The second kappa shape index (κ2) is 7.71. The molecule has 0 aliphatic carbocycles. The minimum atomic E-state index is -5.02. The monoisotopic (exact) mass is 417 g/mol. The van der Waals surface area contributed by atoms with Crippen LogP contribution in [0.15, 0.2) is 72.8 Å². The van der Waals surface area contributed by atoms with E-state index in [2.05, 4.69) is 0 Å². The molecule has 1 atom stereocenters. The van der Waals surface area contributed by atoms with Gasteiger partial charge in [-0.15, -0.1) is 0 Å². The summed E-state index contributed by atoms with van der Waals surface area (Å²) in [5.41, 5.74) is 2.15. The van der Waals surface area contributed by atoms with Gasteiger partial charge in [-0.2, -0.15) is 0 Å². The van der Waals surface area contributed by atoms with Gasteiger partial charge in [0.05, 0.1) is 0 Å². The van der Waals surface area contributed by atoms with Crippen LogP contribution in [-0.4, -0.2) is 9.79 Å². The first-order valence-electron chi connectivity index (χ1n) is 8.76. The van der Waals surface area contributed by atoms with E-state index in [0.29, 0.717) is 27.5 Å². The summed E-state index contributed by atoms with van der Waals surface area (Å²) in [6, 6.07) is 21.3. The summed E-state index contributed by atoms with van der Waals surface area (Å²) in [5.74, 6) is 0.381. The molecular formula is C21H23O5P2+. The third-order valence-corrected chi connectivity index (χ3v) is 9.67. The molecule has 3 aromatic carbocycles. The molecule has 0 heterocycles. The molecule has 2 N–H and O–H groups in total. The van der Waals surface area contributed by atoms with Gasteiger partial charge in [-0.25, -0.2) is 0 Å². The molecule has 0 aliphatic heterocycles. The molecule has 28 heavy (non-hydrogen) atoms. The first kappa shape index (κ1) is 20.6. The zero-order chi connectivity index (χ0) is 20.4. The van der Waals surface area contributed by atoms with E-state index >= 15 is 0 Å². The summed E-state index contributed by atoms with van der Waals surface area (Å²) in [6.45, 7) is 5.45. The van der Waals surface area contributed by atoms with Crippen molar-refractivity contribution in [3.63, 3.8) is 0 Å². The van der Waals surface area contributed by atoms with Crippen LogP contribution < -0.4 is 15.1 Å². The molecule has 0 saturated heterocycles. The van der Waals surface area contributed by atoms with Crippen molar-refractivity contribution in [2.24, 2.45) is 0 Å². The molecule has 0 aromatic heterocycles. The SMILES string of the molecule is Cc1ccccc1OP(O)(O[P+](=O)O)(c1ccccc1C)c1ccccc1C. The van der Waals surface area contributed by atoms with Crippen molar-refractivity contribution < 1.29 is 23.2 Å². The summed E-state index contributed by atoms with van der Waals surface area (Å²) >= 11 is 0. The van der Waals surface area contributed by atoms with E-state index in [1.807, 2.05) is 31.2 Å². The van der Waals surface area contributed by atoms with Gasteiger partial charge in [0, 0.05) is 0 Å². The summed E-state index contributed by atoms with van der Waals surface area (Å²) in [5, 5.41) is 0.701. The number of aryl methyl sites for hydroxylation is 3. The van der Waals surface area contributed by atoms with Gasteiger partial charge < -0.3 is 0 Å². The van der Waals surface area contributed by atoms with Gasteiger partial charge in [0.25, 0.3) is 0 Å². The molecule has 7 heteroatoms. The average Bonchev–Trinajstić information content (AvgIpc) is 2.64. The third kappa shape index (κ3) is 3.60. The van der Waals surface area contributed by atoms with Crippen molar-refractivity contribution in [3.05, 3.63) is 89.5 Å². The Balaban J connectivity index is 2.43. The van der Waals surface area contributed by atoms with E-state index in [1.54, 1.807) is 62.4 Å². The van der Waals surface area contributed by atoms with Crippen LogP contribution in [0.5, 0.6) is 5.75 Å².